The molecule has 21 heavy (non-hydrogen) atoms. The van der Waals surface area contributed by atoms with Crippen molar-refractivity contribution in [1.82, 2.24) is 0 Å². The van der Waals surface area contributed by atoms with Crippen molar-refractivity contribution < 1.29 is 13.2 Å². The number of halogens is 4. The molecule has 0 radical (unpaired) electrons. The van der Waals surface area contributed by atoms with Gasteiger partial charge in [-0.1, -0.05) is 32.0 Å². The van der Waals surface area contributed by atoms with Crippen LogP contribution in [0.25, 0.3) is 0 Å². The maximum absolute atomic E-state index is 13.3. The van der Waals surface area contributed by atoms with Gasteiger partial charge in [-0.3, -0.25) is 0 Å². The van der Waals surface area contributed by atoms with E-state index in [0.717, 1.165) is 36.1 Å². The molecule has 0 aliphatic heterocycles. The molecular formula is C17H16ClF3. The lowest BCUT2D eigenvalue weighted by Crippen LogP contribution is -2.01. The Morgan fingerprint density at radius 3 is 1.95 bits per heavy atom. The number of hydrogen-bond acceptors (Lipinski definition) is 0. The molecule has 0 saturated heterocycles. The van der Waals surface area contributed by atoms with Crippen LogP contribution in [0.15, 0.2) is 30.3 Å². The van der Waals surface area contributed by atoms with Crippen LogP contribution in [0.4, 0.5) is 13.2 Å². The van der Waals surface area contributed by atoms with Gasteiger partial charge in [-0.05, 0) is 47.2 Å². The van der Waals surface area contributed by atoms with Crippen LogP contribution in [-0.2, 0) is 12.8 Å². The minimum atomic E-state index is -1.47. The monoisotopic (exact) mass is 312 g/mol. The van der Waals surface area contributed by atoms with Crippen LogP contribution in [0.3, 0.4) is 0 Å². The predicted molar refractivity (Wildman–Crippen MR) is 79.2 cm³/mol. The Balaban J connectivity index is 2.42. The lowest BCUT2D eigenvalue weighted by molar-refractivity contribution is 0.445. The van der Waals surface area contributed by atoms with Crippen LogP contribution in [-0.4, -0.2) is 0 Å². The highest BCUT2D eigenvalue weighted by Crippen LogP contribution is 2.32. The molecule has 0 amide bonds. The van der Waals surface area contributed by atoms with Gasteiger partial charge in [0.25, 0.3) is 0 Å². The van der Waals surface area contributed by atoms with E-state index in [2.05, 4.69) is 6.92 Å². The summed E-state index contributed by atoms with van der Waals surface area (Å²) in [4.78, 5) is 0. The number of benzene rings is 2. The van der Waals surface area contributed by atoms with Crippen LogP contribution >= 0.6 is 11.6 Å². The lowest BCUT2D eigenvalue weighted by Gasteiger charge is -2.14. The second-order valence-electron chi connectivity index (χ2n) is 4.90. The number of rotatable bonds is 4. The highest BCUT2D eigenvalue weighted by atomic mass is 35.5. The normalized spacial score (nSPS) is 12.5. The van der Waals surface area contributed by atoms with E-state index in [0.29, 0.717) is 0 Å². The summed E-state index contributed by atoms with van der Waals surface area (Å²) in [7, 11) is 0. The first kappa shape index (κ1) is 15.9. The Kier molecular flexibility index (Phi) is 4.94. The van der Waals surface area contributed by atoms with E-state index >= 15 is 0 Å². The average molecular weight is 313 g/mol. The van der Waals surface area contributed by atoms with E-state index in [1.165, 1.54) is 5.56 Å². The second kappa shape index (κ2) is 6.52. The zero-order chi connectivity index (χ0) is 15.6. The first-order valence-electron chi connectivity index (χ1n) is 6.88. The third-order valence-electron chi connectivity index (χ3n) is 3.58. The Morgan fingerprint density at radius 2 is 1.43 bits per heavy atom. The summed E-state index contributed by atoms with van der Waals surface area (Å²) in [6, 6.07) is 7.63. The molecular weight excluding hydrogens is 297 g/mol. The van der Waals surface area contributed by atoms with Crippen LogP contribution in [0, 0.1) is 17.5 Å². The quantitative estimate of drug-likeness (QED) is 0.512. The van der Waals surface area contributed by atoms with E-state index in [1.54, 1.807) is 0 Å². The molecule has 2 aromatic carbocycles. The van der Waals surface area contributed by atoms with Gasteiger partial charge in [0.1, 0.15) is 0 Å². The molecule has 1 atom stereocenters. The summed E-state index contributed by atoms with van der Waals surface area (Å²) < 4.78 is 39.6. The summed E-state index contributed by atoms with van der Waals surface area (Å²) in [6.45, 7) is 4.11. The summed E-state index contributed by atoms with van der Waals surface area (Å²) >= 11 is 6.30. The van der Waals surface area contributed by atoms with Gasteiger partial charge in [0.2, 0.25) is 0 Å². The summed E-state index contributed by atoms with van der Waals surface area (Å²) in [5.41, 5.74) is 3.33. The minimum Gasteiger partial charge on any atom is -0.204 e. The van der Waals surface area contributed by atoms with Crippen molar-refractivity contribution in [1.29, 1.82) is 0 Å². The largest absolute Gasteiger partial charge is 0.204 e. The van der Waals surface area contributed by atoms with Gasteiger partial charge in [-0.25, -0.2) is 13.2 Å². The maximum Gasteiger partial charge on any atom is 0.194 e. The van der Waals surface area contributed by atoms with E-state index < -0.39 is 22.8 Å². The SMILES string of the molecule is CCc1ccc(C(Cl)c2cc(F)c(F)c(F)c2)cc1CC. The van der Waals surface area contributed by atoms with Crippen molar-refractivity contribution in [3.05, 3.63) is 70.0 Å². The summed E-state index contributed by atoms with van der Waals surface area (Å²) in [5, 5.41) is -0.717. The predicted octanol–water partition coefficient (Wildman–Crippen LogP) is 5.56. The van der Waals surface area contributed by atoms with Crippen LogP contribution in [0.5, 0.6) is 0 Å². The van der Waals surface area contributed by atoms with Gasteiger partial charge in [-0.15, -0.1) is 11.6 Å². The molecule has 0 fully saturated rings. The third kappa shape index (κ3) is 3.24. The average Bonchev–Trinajstić information content (AvgIpc) is 2.50. The molecule has 0 bridgehead atoms. The van der Waals surface area contributed by atoms with E-state index in [9.17, 15) is 13.2 Å². The zero-order valence-electron chi connectivity index (χ0n) is 11.9. The highest BCUT2D eigenvalue weighted by molar-refractivity contribution is 6.22. The van der Waals surface area contributed by atoms with E-state index in [1.807, 2.05) is 25.1 Å². The van der Waals surface area contributed by atoms with Crippen LogP contribution in [0.2, 0.25) is 0 Å². The summed E-state index contributed by atoms with van der Waals surface area (Å²) in [6.07, 6.45) is 1.77. The molecule has 2 rings (SSSR count). The fourth-order valence-corrected chi connectivity index (χ4v) is 2.65. The molecule has 0 saturated carbocycles. The van der Waals surface area contributed by atoms with Gasteiger partial charge < -0.3 is 0 Å². The minimum absolute atomic E-state index is 0.208. The molecule has 112 valence electrons. The molecule has 2 aromatic rings. The molecule has 1 unspecified atom stereocenters. The molecule has 0 heterocycles. The fourth-order valence-electron chi connectivity index (χ4n) is 2.39. The molecule has 0 aliphatic rings. The van der Waals surface area contributed by atoms with Crippen molar-refractivity contribution >= 4 is 11.6 Å². The molecule has 0 N–H and O–H groups in total. The van der Waals surface area contributed by atoms with Gasteiger partial charge in [0.15, 0.2) is 17.5 Å². The molecule has 0 nitrogen and oxygen atoms in total. The van der Waals surface area contributed by atoms with E-state index in [4.69, 9.17) is 11.6 Å². The Hall–Kier alpha value is -1.48. The van der Waals surface area contributed by atoms with Crippen LogP contribution in [0.1, 0.15) is 41.5 Å². The first-order valence-corrected chi connectivity index (χ1v) is 7.31. The third-order valence-corrected chi connectivity index (χ3v) is 4.09. The van der Waals surface area contributed by atoms with Crippen molar-refractivity contribution in [2.45, 2.75) is 32.1 Å². The zero-order valence-corrected chi connectivity index (χ0v) is 12.6. The summed E-state index contributed by atoms with van der Waals surface area (Å²) in [5.74, 6) is -3.92. The molecule has 0 spiro atoms. The van der Waals surface area contributed by atoms with Crippen LogP contribution < -0.4 is 0 Å². The van der Waals surface area contributed by atoms with Gasteiger partial charge >= 0.3 is 0 Å². The Labute approximate surface area is 127 Å². The topological polar surface area (TPSA) is 0 Å². The number of hydrogen-bond donors (Lipinski definition) is 0. The van der Waals surface area contributed by atoms with E-state index in [-0.39, 0.29) is 5.56 Å². The Morgan fingerprint density at radius 1 is 0.857 bits per heavy atom. The number of alkyl halides is 1. The molecule has 0 aromatic heterocycles. The second-order valence-corrected chi connectivity index (χ2v) is 5.33. The van der Waals surface area contributed by atoms with Crippen molar-refractivity contribution in [2.24, 2.45) is 0 Å². The standard InChI is InChI=1S/C17H16ClF3/c1-3-10-5-6-12(7-11(10)4-2)16(18)13-8-14(19)17(21)15(20)9-13/h5-9,16H,3-4H2,1-2H3. The first-order chi connectivity index (χ1) is 9.97. The smallest absolute Gasteiger partial charge is 0.194 e. The van der Waals surface area contributed by atoms with Crippen molar-refractivity contribution in [3.63, 3.8) is 0 Å². The molecule has 4 heteroatoms. The highest BCUT2D eigenvalue weighted by Gasteiger charge is 2.18. The number of aryl methyl sites for hydroxylation is 2. The fraction of sp³-hybridized carbons (Fsp3) is 0.294. The lowest BCUT2D eigenvalue weighted by atomic mass is 9.96. The van der Waals surface area contributed by atoms with Crippen molar-refractivity contribution in [3.8, 4) is 0 Å². The maximum atomic E-state index is 13.3. The van der Waals surface area contributed by atoms with Gasteiger partial charge in [0, 0.05) is 0 Å². The molecule has 0 aliphatic carbocycles. The van der Waals surface area contributed by atoms with Gasteiger partial charge in [-0.2, -0.15) is 0 Å². The van der Waals surface area contributed by atoms with Crippen molar-refractivity contribution in [2.75, 3.05) is 0 Å². The van der Waals surface area contributed by atoms with Gasteiger partial charge in [0.05, 0.1) is 5.38 Å². The Bertz CT molecular complexity index is 629.